The number of likely N-dealkylation sites (tertiary alicyclic amines) is 1. The molecule has 5 rings (SSSR count). The van der Waals surface area contributed by atoms with Gasteiger partial charge < -0.3 is 9.80 Å². The summed E-state index contributed by atoms with van der Waals surface area (Å²) >= 11 is 0. The maximum Gasteiger partial charge on any atom is 0.214 e. The van der Waals surface area contributed by atoms with Gasteiger partial charge in [-0.3, -0.25) is 9.97 Å². The SMILES string of the molecule is CN(C)S(=O)(=O)CCN1CCC2(CCN(c3nc(-c4ccncc4)nc4cnccc34)CC2)C1. The van der Waals surface area contributed by atoms with Crippen molar-refractivity contribution in [2.45, 2.75) is 19.3 Å². The Labute approximate surface area is 200 Å². The fourth-order valence-corrected chi connectivity index (χ4v) is 5.94. The van der Waals surface area contributed by atoms with E-state index in [4.69, 9.17) is 9.97 Å². The number of sulfonamides is 1. The van der Waals surface area contributed by atoms with Gasteiger partial charge in [0.15, 0.2) is 5.82 Å². The zero-order valence-electron chi connectivity index (χ0n) is 19.8. The second-order valence-electron chi connectivity index (χ2n) is 9.61. The molecule has 0 amide bonds. The lowest BCUT2D eigenvalue weighted by Crippen LogP contribution is -2.42. The molecule has 0 N–H and O–H groups in total. The van der Waals surface area contributed by atoms with E-state index in [9.17, 15) is 8.42 Å². The molecule has 0 aromatic carbocycles. The molecule has 0 atom stereocenters. The largest absolute Gasteiger partial charge is 0.356 e. The van der Waals surface area contributed by atoms with Crippen LogP contribution in [-0.4, -0.2) is 90.1 Å². The molecule has 0 bridgehead atoms. The summed E-state index contributed by atoms with van der Waals surface area (Å²) in [7, 11) is 0.0411. The number of pyridine rings is 2. The van der Waals surface area contributed by atoms with E-state index in [1.165, 1.54) is 4.31 Å². The highest BCUT2D eigenvalue weighted by molar-refractivity contribution is 7.89. The fourth-order valence-electron chi connectivity index (χ4n) is 5.08. The molecule has 2 saturated heterocycles. The van der Waals surface area contributed by atoms with E-state index < -0.39 is 10.0 Å². The minimum atomic E-state index is -3.16. The summed E-state index contributed by atoms with van der Waals surface area (Å²) in [6.07, 6.45) is 10.4. The van der Waals surface area contributed by atoms with Gasteiger partial charge in [-0.15, -0.1) is 0 Å². The van der Waals surface area contributed by atoms with Crippen molar-refractivity contribution < 1.29 is 8.42 Å². The lowest BCUT2D eigenvalue weighted by atomic mass is 9.78. The molecule has 9 nitrogen and oxygen atoms in total. The predicted octanol–water partition coefficient (Wildman–Crippen LogP) is 2.27. The van der Waals surface area contributed by atoms with Crippen LogP contribution >= 0.6 is 0 Å². The van der Waals surface area contributed by atoms with E-state index in [1.807, 2.05) is 18.2 Å². The molecule has 0 saturated carbocycles. The van der Waals surface area contributed by atoms with Crippen molar-refractivity contribution >= 4 is 26.7 Å². The van der Waals surface area contributed by atoms with Crippen LogP contribution < -0.4 is 4.90 Å². The second-order valence-corrected chi connectivity index (χ2v) is 11.9. The summed E-state index contributed by atoms with van der Waals surface area (Å²) in [5.41, 5.74) is 2.04. The molecule has 1 spiro atoms. The summed E-state index contributed by atoms with van der Waals surface area (Å²) in [4.78, 5) is 22.8. The molecule has 3 aromatic rings. The molecule has 2 aliphatic rings. The first kappa shape index (κ1) is 23.1. The van der Waals surface area contributed by atoms with Crippen LogP contribution in [0.25, 0.3) is 22.3 Å². The van der Waals surface area contributed by atoms with Crippen LogP contribution in [0, 0.1) is 5.41 Å². The highest BCUT2D eigenvalue weighted by Crippen LogP contribution is 2.42. The summed E-state index contributed by atoms with van der Waals surface area (Å²) in [6.45, 7) is 4.39. The van der Waals surface area contributed by atoms with Gasteiger partial charge >= 0.3 is 0 Å². The first-order valence-electron chi connectivity index (χ1n) is 11.7. The van der Waals surface area contributed by atoms with Gasteiger partial charge in [-0.25, -0.2) is 22.7 Å². The monoisotopic (exact) mass is 481 g/mol. The van der Waals surface area contributed by atoms with Crippen molar-refractivity contribution in [3.63, 3.8) is 0 Å². The molecule has 3 aromatic heterocycles. The quantitative estimate of drug-likeness (QED) is 0.529. The van der Waals surface area contributed by atoms with Crippen molar-refractivity contribution in [2.75, 3.05) is 57.5 Å². The number of nitrogens with zero attached hydrogens (tertiary/aromatic N) is 7. The van der Waals surface area contributed by atoms with Gasteiger partial charge in [0, 0.05) is 69.8 Å². The number of fused-ring (bicyclic) bond motifs is 1. The topological polar surface area (TPSA) is 95.4 Å². The standard InChI is InChI=1S/C24H31N7O2S/c1-29(2)34(32,33)16-15-30-12-6-24(18-30)7-13-31(14-8-24)23-20-5-11-26-17-21(20)27-22(28-23)19-3-9-25-10-4-19/h3-5,9-11,17H,6-8,12-16,18H2,1-2H3. The van der Waals surface area contributed by atoms with Crippen molar-refractivity contribution in [1.29, 1.82) is 0 Å². The van der Waals surface area contributed by atoms with E-state index >= 15 is 0 Å². The molecular formula is C24H31N7O2S. The normalized spacial score (nSPS) is 18.9. The minimum Gasteiger partial charge on any atom is -0.356 e. The first-order chi connectivity index (χ1) is 16.4. The number of rotatable bonds is 6. The maximum absolute atomic E-state index is 12.2. The molecular weight excluding hydrogens is 450 g/mol. The zero-order chi connectivity index (χ0) is 23.8. The van der Waals surface area contributed by atoms with Crippen LogP contribution in [-0.2, 0) is 10.0 Å². The third-order valence-corrected chi connectivity index (χ3v) is 9.09. The molecule has 2 fully saturated rings. The Kier molecular flexibility index (Phi) is 6.22. The number of hydrogen-bond donors (Lipinski definition) is 0. The fraction of sp³-hybridized carbons (Fsp3) is 0.500. The van der Waals surface area contributed by atoms with E-state index in [1.54, 1.807) is 38.9 Å². The van der Waals surface area contributed by atoms with Crippen molar-refractivity contribution in [1.82, 2.24) is 29.1 Å². The molecule has 0 unspecified atom stereocenters. The molecule has 180 valence electrons. The van der Waals surface area contributed by atoms with Crippen LogP contribution in [0.1, 0.15) is 19.3 Å². The molecule has 0 radical (unpaired) electrons. The third-order valence-electron chi connectivity index (χ3n) is 7.28. The highest BCUT2D eigenvalue weighted by Gasteiger charge is 2.41. The number of piperidine rings is 1. The van der Waals surface area contributed by atoms with Gasteiger partial charge in [0.25, 0.3) is 0 Å². The number of hydrogen-bond acceptors (Lipinski definition) is 8. The van der Waals surface area contributed by atoms with Crippen molar-refractivity contribution in [2.24, 2.45) is 5.41 Å². The van der Waals surface area contributed by atoms with Gasteiger partial charge in [0.1, 0.15) is 5.82 Å². The molecule has 10 heteroatoms. The molecule has 0 aliphatic carbocycles. The summed E-state index contributed by atoms with van der Waals surface area (Å²) in [5.74, 6) is 1.83. The van der Waals surface area contributed by atoms with E-state index in [0.29, 0.717) is 12.4 Å². The van der Waals surface area contributed by atoms with Crippen LogP contribution in [0.4, 0.5) is 5.82 Å². The third kappa shape index (κ3) is 4.62. The van der Waals surface area contributed by atoms with Crippen LogP contribution in [0.15, 0.2) is 43.0 Å². The summed E-state index contributed by atoms with van der Waals surface area (Å²) in [5, 5.41) is 1.02. The Balaban J connectivity index is 1.31. The molecule has 2 aliphatic heterocycles. The van der Waals surface area contributed by atoms with Crippen LogP contribution in [0.2, 0.25) is 0 Å². The van der Waals surface area contributed by atoms with Gasteiger partial charge in [-0.1, -0.05) is 0 Å². The highest BCUT2D eigenvalue weighted by atomic mass is 32.2. The maximum atomic E-state index is 12.2. The Bertz CT molecular complexity index is 1260. The lowest BCUT2D eigenvalue weighted by molar-refractivity contribution is 0.212. The minimum absolute atomic E-state index is 0.181. The predicted molar refractivity (Wildman–Crippen MR) is 133 cm³/mol. The van der Waals surface area contributed by atoms with Crippen LogP contribution in [0.3, 0.4) is 0 Å². The van der Waals surface area contributed by atoms with E-state index in [2.05, 4.69) is 19.8 Å². The van der Waals surface area contributed by atoms with E-state index in [-0.39, 0.29) is 11.2 Å². The van der Waals surface area contributed by atoms with Crippen molar-refractivity contribution in [3.8, 4) is 11.4 Å². The first-order valence-corrected chi connectivity index (χ1v) is 13.4. The van der Waals surface area contributed by atoms with Gasteiger partial charge in [-0.05, 0) is 49.4 Å². The average molecular weight is 482 g/mol. The Morgan fingerprint density at radius 1 is 0.971 bits per heavy atom. The van der Waals surface area contributed by atoms with Crippen molar-refractivity contribution in [3.05, 3.63) is 43.0 Å². The number of aromatic nitrogens is 4. The molecule has 5 heterocycles. The van der Waals surface area contributed by atoms with Gasteiger partial charge in [0.2, 0.25) is 10.0 Å². The molecule has 34 heavy (non-hydrogen) atoms. The average Bonchev–Trinajstić information content (AvgIpc) is 3.25. The summed E-state index contributed by atoms with van der Waals surface area (Å²) < 4.78 is 25.6. The van der Waals surface area contributed by atoms with Crippen LogP contribution in [0.5, 0.6) is 0 Å². The smallest absolute Gasteiger partial charge is 0.214 e. The lowest BCUT2D eigenvalue weighted by Gasteiger charge is -2.40. The Hall–Kier alpha value is -2.69. The van der Waals surface area contributed by atoms with Gasteiger partial charge in [-0.2, -0.15) is 0 Å². The summed E-state index contributed by atoms with van der Waals surface area (Å²) in [6, 6.07) is 5.85. The second kappa shape index (κ2) is 9.16. The van der Waals surface area contributed by atoms with Gasteiger partial charge in [0.05, 0.1) is 17.5 Å². The zero-order valence-corrected chi connectivity index (χ0v) is 20.6. The Morgan fingerprint density at radius 3 is 2.41 bits per heavy atom. The Morgan fingerprint density at radius 2 is 1.68 bits per heavy atom. The van der Waals surface area contributed by atoms with E-state index in [0.717, 1.165) is 67.7 Å². The number of anilines is 1.